The lowest BCUT2D eigenvalue weighted by molar-refractivity contribution is -0.276. The molecule has 0 aliphatic carbocycles. The first-order valence-corrected chi connectivity index (χ1v) is 4.09. The summed E-state index contributed by atoms with van der Waals surface area (Å²) in [7, 11) is 1.02. The van der Waals surface area contributed by atoms with Gasteiger partial charge in [-0.05, 0) is 0 Å². The number of ether oxygens (including phenoxy) is 2. The minimum atomic E-state index is -5.18. The van der Waals surface area contributed by atoms with E-state index >= 15 is 0 Å². The minimum absolute atomic E-state index is 0.533. The molecule has 0 saturated heterocycles. The Hall–Kier alpha value is -1.80. The highest BCUT2D eigenvalue weighted by molar-refractivity contribution is 5.34. The van der Waals surface area contributed by atoms with Gasteiger partial charge in [-0.25, -0.2) is 8.78 Å². The molecular formula is C8H6F5NO3. The van der Waals surface area contributed by atoms with Gasteiger partial charge < -0.3 is 14.5 Å². The molecule has 17 heavy (non-hydrogen) atoms. The zero-order valence-electron chi connectivity index (χ0n) is 8.27. The van der Waals surface area contributed by atoms with Crippen molar-refractivity contribution in [2.45, 2.75) is 12.8 Å². The molecule has 0 aliphatic rings. The van der Waals surface area contributed by atoms with Crippen LogP contribution in [0.15, 0.2) is 11.0 Å². The van der Waals surface area contributed by atoms with E-state index in [4.69, 9.17) is 0 Å². The molecule has 1 aromatic heterocycles. The van der Waals surface area contributed by atoms with Crippen LogP contribution in [0.2, 0.25) is 0 Å². The van der Waals surface area contributed by atoms with Crippen LogP contribution in [0.25, 0.3) is 0 Å². The molecule has 4 nitrogen and oxygen atoms in total. The predicted molar refractivity (Wildman–Crippen MR) is 45.3 cm³/mol. The van der Waals surface area contributed by atoms with Crippen LogP contribution >= 0.6 is 0 Å². The lowest BCUT2D eigenvalue weighted by Gasteiger charge is -2.12. The summed E-state index contributed by atoms with van der Waals surface area (Å²) in [6.07, 6.45) is -7.90. The van der Waals surface area contributed by atoms with Crippen molar-refractivity contribution < 1.29 is 31.4 Å². The number of rotatable bonds is 3. The highest BCUT2D eigenvalue weighted by Gasteiger charge is 2.35. The number of H-pyrrole nitrogens is 1. The van der Waals surface area contributed by atoms with E-state index in [-0.39, 0.29) is 0 Å². The fourth-order valence-electron chi connectivity index (χ4n) is 1.06. The van der Waals surface area contributed by atoms with Crippen molar-refractivity contribution in [3.8, 4) is 11.6 Å². The fraction of sp³-hybridized carbons (Fsp3) is 0.375. The van der Waals surface area contributed by atoms with Gasteiger partial charge in [0.05, 0.1) is 13.3 Å². The molecule has 0 fully saturated rings. The number of alkyl halides is 5. The highest BCUT2D eigenvalue weighted by Crippen LogP contribution is 2.29. The summed E-state index contributed by atoms with van der Waals surface area (Å²) < 4.78 is 68.2. The SMILES string of the molecule is COc1c[nH]c(OC(F)(F)F)c(C(F)F)c1=O. The van der Waals surface area contributed by atoms with E-state index in [1.807, 2.05) is 0 Å². The molecule has 0 unspecified atom stereocenters. The first kappa shape index (κ1) is 13.3. The van der Waals surface area contributed by atoms with Gasteiger partial charge in [0.25, 0.3) is 6.43 Å². The molecule has 1 N–H and O–H groups in total. The van der Waals surface area contributed by atoms with Crippen LogP contribution in [0.1, 0.15) is 12.0 Å². The molecule has 1 heterocycles. The monoisotopic (exact) mass is 259 g/mol. The second-order valence-electron chi connectivity index (χ2n) is 2.78. The van der Waals surface area contributed by atoms with Crippen molar-refractivity contribution >= 4 is 0 Å². The Morgan fingerprint density at radius 1 is 1.35 bits per heavy atom. The van der Waals surface area contributed by atoms with Crippen molar-refractivity contribution in [2.75, 3.05) is 7.11 Å². The van der Waals surface area contributed by atoms with Crippen LogP contribution in [0, 0.1) is 0 Å². The van der Waals surface area contributed by atoms with E-state index < -0.39 is 35.4 Å². The maximum absolute atomic E-state index is 12.5. The van der Waals surface area contributed by atoms with Crippen molar-refractivity contribution in [1.82, 2.24) is 4.98 Å². The van der Waals surface area contributed by atoms with Gasteiger partial charge in [-0.3, -0.25) is 4.79 Å². The molecule has 0 amide bonds. The molecule has 0 aromatic carbocycles. The van der Waals surface area contributed by atoms with Crippen LogP contribution in [-0.4, -0.2) is 18.5 Å². The first-order valence-electron chi connectivity index (χ1n) is 4.09. The topological polar surface area (TPSA) is 51.3 Å². The standard InChI is InChI=1S/C8H6F5NO3/c1-16-3-2-14-7(17-8(11,12)13)4(5(3)15)6(9)10/h2,6H,1H3,(H,14,15). The zero-order valence-corrected chi connectivity index (χ0v) is 8.27. The summed E-state index contributed by atoms with van der Waals surface area (Å²) in [5.74, 6) is -1.88. The third-order valence-electron chi connectivity index (χ3n) is 1.70. The zero-order chi connectivity index (χ0) is 13.2. The van der Waals surface area contributed by atoms with Crippen molar-refractivity contribution in [3.05, 3.63) is 22.0 Å². The Morgan fingerprint density at radius 2 is 1.94 bits per heavy atom. The lowest BCUT2D eigenvalue weighted by Crippen LogP contribution is -2.22. The van der Waals surface area contributed by atoms with Gasteiger partial charge in [0, 0.05) is 0 Å². The third-order valence-corrected chi connectivity index (χ3v) is 1.70. The van der Waals surface area contributed by atoms with Crippen LogP contribution < -0.4 is 14.9 Å². The fourth-order valence-corrected chi connectivity index (χ4v) is 1.06. The number of methoxy groups -OCH3 is 1. The van der Waals surface area contributed by atoms with E-state index in [0.717, 1.165) is 7.11 Å². The summed E-state index contributed by atoms with van der Waals surface area (Å²) in [5, 5.41) is 0. The summed E-state index contributed by atoms with van der Waals surface area (Å²) in [5.41, 5.74) is -2.79. The number of pyridine rings is 1. The first-order chi connectivity index (χ1) is 7.76. The largest absolute Gasteiger partial charge is 0.574 e. The minimum Gasteiger partial charge on any atom is -0.491 e. The van der Waals surface area contributed by atoms with Crippen LogP contribution in [0.5, 0.6) is 11.6 Å². The summed E-state index contributed by atoms with van der Waals surface area (Å²) in [6, 6.07) is 0. The summed E-state index contributed by atoms with van der Waals surface area (Å²) in [6.45, 7) is 0. The van der Waals surface area contributed by atoms with Gasteiger partial charge in [0.15, 0.2) is 5.75 Å². The molecule has 9 heteroatoms. The van der Waals surface area contributed by atoms with Crippen molar-refractivity contribution in [2.24, 2.45) is 0 Å². The van der Waals surface area contributed by atoms with Crippen molar-refractivity contribution in [1.29, 1.82) is 0 Å². The Bertz CT molecular complexity index is 453. The smallest absolute Gasteiger partial charge is 0.491 e. The molecule has 0 bridgehead atoms. The van der Waals surface area contributed by atoms with Crippen LogP contribution in [0.4, 0.5) is 22.0 Å². The highest BCUT2D eigenvalue weighted by atomic mass is 19.4. The Kier molecular flexibility index (Phi) is 3.59. The van der Waals surface area contributed by atoms with Gasteiger partial charge in [-0.1, -0.05) is 0 Å². The summed E-state index contributed by atoms with van der Waals surface area (Å²) in [4.78, 5) is 13.1. The van der Waals surface area contributed by atoms with Crippen molar-refractivity contribution in [3.63, 3.8) is 0 Å². The molecule has 1 aromatic rings. The molecule has 0 spiro atoms. The van der Waals surface area contributed by atoms with Gasteiger partial charge >= 0.3 is 6.36 Å². The van der Waals surface area contributed by atoms with Gasteiger partial charge in [0.1, 0.15) is 5.56 Å². The number of aromatic amines is 1. The average Bonchev–Trinajstić information content (AvgIpc) is 2.14. The van der Waals surface area contributed by atoms with Gasteiger partial charge in [-0.15, -0.1) is 13.2 Å². The maximum Gasteiger partial charge on any atom is 0.574 e. The Balaban J connectivity index is 3.32. The van der Waals surface area contributed by atoms with Crippen LogP contribution in [0.3, 0.4) is 0 Å². The lowest BCUT2D eigenvalue weighted by atomic mass is 10.2. The molecule has 1 rings (SSSR count). The average molecular weight is 259 g/mol. The number of nitrogens with one attached hydrogen (secondary N) is 1. The van der Waals surface area contributed by atoms with E-state index in [1.165, 1.54) is 0 Å². The molecule has 96 valence electrons. The van der Waals surface area contributed by atoms with E-state index in [9.17, 15) is 26.7 Å². The number of hydrogen-bond donors (Lipinski definition) is 1. The van der Waals surface area contributed by atoms with E-state index in [2.05, 4.69) is 9.47 Å². The molecule has 0 aliphatic heterocycles. The normalized spacial score (nSPS) is 11.7. The van der Waals surface area contributed by atoms with Crippen LogP contribution in [-0.2, 0) is 0 Å². The summed E-state index contributed by atoms with van der Waals surface area (Å²) >= 11 is 0. The second-order valence-corrected chi connectivity index (χ2v) is 2.78. The Labute approximate surface area is 91.0 Å². The van der Waals surface area contributed by atoms with E-state index in [0.29, 0.717) is 6.20 Å². The molecular weight excluding hydrogens is 253 g/mol. The van der Waals surface area contributed by atoms with Gasteiger partial charge in [0.2, 0.25) is 11.3 Å². The van der Waals surface area contributed by atoms with E-state index in [1.54, 1.807) is 4.98 Å². The maximum atomic E-state index is 12.5. The predicted octanol–water partition coefficient (Wildman–Crippen LogP) is 2.22. The quantitative estimate of drug-likeness (QED) is 0.847. The number of halogens is 5. The molecule has 0 atom stereocenters. The number of hydrogen-bond acceptors (Lipinski definition) is 3. The van der Waals surface area contributed by atoms with Gasteiger partial charge in [-0.2, -0.15) is 0 Å². The molecule has 0 radical (unpaired) electrons. The third kappa shape index (κ3) is 3.08. The molecule has 0 saturated carbocycles. The second kappa shape index (κ2) is 4.60. The Morgan fingerprint density at radius 3 is 2.35 bits per heavy atom. The number of aromatic nitrogens is 1.